The number of rotatable bonds is 6. The van der Waals surface area contributed by atoms with Crippen LogP contribution in [-0.2, 0) is 21.5 Å². The lowest BCUT2D eigenvalue weighted by Crippen LogP contribution is -2.56. The number of carboxylic acid groups (broad SMARTS) is 1. The first-order chi connectivity index (χ1) is 9.82. The molecule has 1 aromatic rings. The maximum atomic E-state index is 12.4. The van der Waals surface area contributed by atoms with Crippen molar-refractivity contribution in [2.75, 3.05) is 20.1 Å². The molecule has 6 nitrogen and oxygen atoms in total. The number of carboxylic acids is 1. The number of hydrogen-bond donors (Lipinski definition) is 1. The van der Waals surface area contributed by atoms with Gasteiger partial charge in [-0.25, -0.2) is 0 Å². The summed E-state index contributed by atoms with van der Waals surface area (Å²) in [7, 11) is -1.98. The van der Waals surface area contributed by atoms with Gasteiger partial charge < -0.3 is 5.11 Å². The molecule has 0 spiro atoms. The number of benzene rings is 1. The standard InChI is InChI=1S/C14H20N2O4S/c1-11(14(17)18)13-9-16(10-13)21(19,20)15(2)8-12-6-4-3-5-7-12/h3-7,11,13H,8-10H2,1-2H3,(H,17,18). The molecular formula is C14H20N2O4S. The molecule has 1 atom stereocenters. The maximum Gasteiger partial charge on any atom is 0.306 e. The number of hydrogen-bond acceptors (Lipinski definition) is 3. The molecule has 7 heteroatoms. The molecule has 21 heavy (non-hydrogen) atoms. The minimum Gasteiger partial charge on any atom is -0.481 e. The third kappa shape index (κ3) is 3.42. The molecule has 0 saturated carbocycles. The van der Waals surface area contributed by atoms with Gasteiger partial charge in [0.05, 0.1) is 5.92 Å². The van der Waals surface area contributed by atoms with Crippen molar-refractivity contribution in [2.45, 2.75) is 13.5 Å². The van der Waals surface area contributed by atoms with E-state index in [1.165, 1.54) is 15.7 Å². The van der Waals surface area contributed by atoms with Crippen molar-refractivity contribution in [1.82, 2.24) is 8.61 Å². The Morgan fingerprint density at radius 2 is 1.95 bits per heavy atom. The number of carbonyl (C=O) groups is 1. The second kappa shape index (κ2) is 6.13. The molecule has 116 valence electrons. The van der Waals surface area contributed by atoms with Gasteiger partial charge >= 0.3 is 5.97 Å². The minimum atomic E-state index is -3.52. The van der Waals surface area contributed by atoms with E-state index in [1.807, 2.05) is 30.3 Å². The van der Waals surface area contributed by atoms with E-state index in [0.717, 1.165) is 5.56 Å². The van der Waals surface area contributed by atoms with Gasteiger partial charge in [-0.1, -0.05) is 37.3 Å². The van der Waals surface area contributed by atoms with E-state index in [0.29, 0.717) is 6.54 Å². The quantitative estimate of drug-likeness (QED) is 0.850. The SMILES string of the molecule is CC(C(=O)O)C1CN(S(=O)(=O)N(C)Cc2ccccc2)C1. The van der Waals surface area contributed by atoms with Gasteiger partial charge in [0.2, 0.25) is 0 Å². The Hall–Kier alpha value is -1.44. The summed E-state index contributed by atoms with van der Waals surface area (Å²) in [4.78, 5) is 10.9. The van der Waals surface area contributed by atoms with E-state index < -0.39 is 22.1 Å². The summed E-state index contributed by atoms with van der Waals surface area (Å²) in [5, 5.41) is 8.93. The minimum absolute atomic E-state index is 0.109. The predicted octanol–water partition coefficient (Wildman–Crippen LogP) is 1.02. The van der Waals surface area contributed by atoms with Crippen LogP contribution >= 0.6 is 0 Å². The normalized spacial score (nSPS) is 18.4. The zero-order valence-corrected chi connectivity index (χ0v) is 13.0. The summed E-state index contributed by atoms with van der Waals surface area (Å²) in [5.41, 5.74) is 0.916. The monoisotopic (exact) mass is 312 g/mol. The molecule has 1 aromatic carbocycles. The zero-order chi connectivity index (χ0) is 15.6. The summed E-state index contributed by atoms with van der Waals surface area (Å²) < 4.78 is 27.3. The van der Waals surface area contributed by atoms with E-state index in [9.17, 15) is 13.2 Å². The molecule has 2 rings (SSSR count). The lowest BCUT2D eigenvalue weighted by molar-refractivity contribution is -0.144. The first-order valence-electron chi connectivity index (χ1n) is 6.80. The molecule has 1 unspecified atom stereocenters. The Kier molecular flexibility index (Phi) is 4.65. The molecule has 1 saturated heterocycles. The zero-order valence-electron chi connectivity index (χ0n) is 12.1. The van der Waals surface area contributed by atoms with Crippen LogP contribution in [0.25, 0.3) is 0 Å². The van der Waals surface area contributed by atoms with Crippen LogP contribution in [0.2, 0.25) is 0 Å². The van der Waals surface area contributed by atoms with Crippen LogP contribution in [0.15, 0.2) is 30.3 Å². The number of aliphatic carboxylic acids is 1. The summed E-state index contributed by atoms with van der Waals surface area (Å²) >= 11 is 0. The average Bonchev–Trinajstić information content (AvgIpc) is 2.37. The Labute approximate surface area is 125 Å². The van der Waals surface area contributed by atoms with Crippen molar-refractivity contribution in [3.63, 3.8) is 0 Å². The molecule has 0 bridgehead atoms. The van der Waals surface area contributed by atoms with Gasteiger partial charge in [-0.2, -0.15) is 17.0 Å². The fourth-order valence-corrected chi connectivity index (χ4v) is 3.76. The largest absolute Gasteiger partial charge is 0.481 e. The van der Waals surface area contributed by atoms with Crippen molar-refractivity contribution in [1.29, 1.82) is 0 Å². The van der Waals surface area contributed by atoms with Crippen LogP contribution in [0.4, 0.5) is 0 Å². The van der Waals surface area contributed by atoms with E-state index in [-0.39, 0.29) is 19.0 Å². The van der Waals surface area contributed by atoms with Gasteiger partial charge in [0.15, 0.2) is 0 Å². The Morgan fingerprint density at radius 1 is 1.38 bits per heavy atom. The van der Waals surface area contributed by atoms with Gasteiger partial charge in [0.1, 0.15) is 0 Å². The van der Waals surface area contributed by atoms with Crippen LogP contribution < -0.4 is 0 Å². The molecule has 0 aromatic heterocycles. The summed E-state index contributed by atoms with van der Waals surface area (Å²) in [5.74, 6) is -1.51. The van der Waals surface area contributed by atoms with Crippen molar-refractivity contribution in [3.8, 4) is 0 Å². The van der Waals surface area contributed by atoms with Crippen molar-refractivity contribution < 1.29 is 18.3 Å². The van der Waals surface area contributed by atoms with Crippen LogP contribution in [0.5, 0.6) is 0 Å². The van der Waals surface area contributed by atoms with Crippen LogP contribution in [0.1, 0.15) is 12.5 Å². The maximum absolute atomic E-state index is 12.4. The molecular weight excluding hydrogens is 292 g/mol. The molecule has 1 aliphatic rings. The first-order valence-corrected chi connectivity index (χ1v) is 8.20. The third-order valence-corrected chi connectivity index (χ3v) is 5.81. The van der Waals surface area contributed by atoms with Crippen molar-refractivity contribution in [3.05, 3.63) is 35.9 Å². The van der Waals surface area contributed by atoms with E-state index in [4.69, 9.17) is 5.11 Å². The Balaban J connectivity index is 1.96. The topological polar surface area (TPSA) is 77.9 Å². The van der Waals surface area contributed by atoms with Crippen LogP contribution in [0, 0.1) is 11.8 Å². The molecule has 1 N–H and O–H groups in total. The fourth-order valence-electron chi connectivity index (χ4n) is 2.30. The highest BCUT2D eigenvalue weighted by atomic mass is 32.2. The highest BCUT2D eigenvalue weighted by molar-refractivity contribution is 7.86. The fraction of sp³-hybridized carbons (Fsp3) is 0.500. The second-order valence-electron chi connectivity index (χ2n) is 5.45. The lowest BCUT2D eigenvalue weighted by Gasteiger charge is -2.41. The predicted molar refractivity (Wildman–Crippen MR) is 78.7 cm³/mol. The number of nitrogens with zero attached hydrogens (tertiary/aromatic N) is 2. The van der Waals surface area contributed by atoms with Crippen molar-refractivity contribution in [2.24, 2.45) is 11.8 Å². The third-order valence-electron chi connectivity index (χ3n) is 3.94. The average molecular weight is 312 g/mol. The Morgan fingerprint density at radius 3 is 2.48 bits per heavy atom. The lowest BCUT2D eigenvalue weighted by atomic mass is 9.89. The highest BCUT2D eigenvalue weighted by Crippen LogP contribution is 2.28. The molecule has 1 fully saturated rings. The molecule has 1 heterocycles. The van der Waals surface area contributed by atoms with E-state index >= 15 is 0 Å². The highest BCUT2D eigenvalue weighted by Gasteiger charge is 2.42. The molecule has 0 aliphatic carbocycles. The first kappa shape index (κ1) is 15.9. The van der Waals surface area contributed by atoms with Gasteiger partial charge in [0.25, 0.3) is 10.2 Å². The van der Waals surface area contributed by atoms with Gasteiger partial charge in [-0.15, -0.1) is 0 Å². The summed E-state index contributed by atoms with van der Waals surface area (Å²) in [6.07, 6.45) is 0. The van der Waals surface area contributed by atoms with E-state index in [2.05, 4.69) is 0 Å². The van der Waals surface area contributed by atoms with Gasteiger partial charge in [-0.3, -0.25) is 4.79 Å². The molecule has 0 radical (unpaired) electrons. The van der Waals surface area contributed by atoms with Crippen molar-refractivity contribution >= 4 is 16.2 Å². The van der Waals surface area contributed by atoms with Gasteiger partial charge in [0, 0.05) is 26.7 Å². The molecule has 0 amide bonds. The summed E-state index contributed by atoms with van der Waals surface area (Å²) in [6.45, 7) is 2.47. The smallest absolute Gasteiger partial charge is 0.306 e. The molecule has 1 aliphatic heterocycles. The Bertz CT molecular complexity index is 597. The van der Waals surface area contributed by atoms with Gasteiger partial charge in [-0.05, 0) is 11.5 Å². The van der Waals surface area contributed by atoms with Crippen LogP contribution in [0.3, 0.4) is 0 Å². The summed E-state index contributed by atoms with van der Waals surface area (Å²) in [6, 6.07) is 9.36. The van der Waals surface area contributed by atoms with E-state index in [1.54, 1.807) is 6.92 Å². The van der Waals surface area contributed by atoms with Crippen LogP contribution in [-0.4, -0.2) is 48.2 Å². The second-order valence-corrected chi connectivity index (χ2v) is 7.49.